The number of aromatic nitrogens is 2. The normalized spacial score (nSPS) is 20.6. The number of rotatable bonds is 5. The molecular formula is C24H30N4O4. The number of benzene rings is 1. The van der Waals surface area contributed by atoms with Gasteiger partial charge in [-0.3, -0.25) is 9.59 Å². The van der Waals surface area contributed by atoms with Crippen LogP contribution in [0.4, 0.5) is 0 Å². The number of primary amides is 1. The Morgan fingerprint density at radius 2 is 1.94 bits per heavy atom. The van der Waals surface area contributed by atoms with E-state index in [-0.39, 0.29) is 11.8 Å². The molecule has 2 N–H and O–H groups in total. The number of piperidine rings is 1. The topological polar surface area (TPSA) is 108 Å². The first-order chi connectivity index (χ1) is 15.4. The van der Waals surface area contributed by atoms with Gasteiger partial charge >= 0.3 is 0 Å². The summed E-state index contributed by atoms with van der Waals surface area (Å²) >= 11 is 0. The first-order valence-corrected chi connectivity index (χ1v) is 11.1. The van der Waals surface area contributed by atoms with Crippen molar-refractivity contribution in [2.45, 2.75) is 43.9 Å². The van der Waals surface area contributed by atoms with E-state index in [1.54, 1.807) is 14.0 Å². The lowest BCUT2D eigenvalue weighted by Gasteiger charge is -2.42. The summed E-state index contributed by atoms with van der Waals surface area (Å²) in [5, 5.41) is 0. The summed E-state index contributed by atoms with van der Waals surface area (Å²) in [4.78, 5) is 36.4. The average Bonchev–Trinajstić information content (AvgIpc) is 2.84. The SMILES string of the molecule is COc1ccc(C2(C(=O)N3CCC[C@@H](c4ncc(C(N)=O)c(C)n4)C3)CCOCC2)cc1. The third kappa shape index (κ3) is 4.19. The molecule has 8 heteroatoms. The second-order valence-corrected chi connectivity index (χ2v) is 8.60. The summed E-state index contributed by atoms with van der Waals surface area (Å²) in [7, 11) is 1.64. The van der Waals surface area contributed by atoms with E-state index in [4.69, 9.17) is 15.2 Å². The van der Waals surface area contributed by atoms with Gasteiger partial charge in [-0.25, -0.2) is 9.97 Å². The van der Waals surface area contributed by atoms with E-state index in [1.165, 1.54) is 6.20 Å². The van der Waals surface area contributed by atoms with Crippen LogP contribution in [0.1, 0.15) is 59.0 Å². The molecule has 0 bridgehead atoms. The maximum absolute atomic E-state index is 14.0. The molecule has 0 saturated carbocycles. The molecule has 0 aliphatic carbocycles. The van der Waals surface area contributed by atoms with Crippen molar-refractivity contribution in [2.24, 2.45) is 5.73 Å². The zero-order valence-electron chi connectivity index (χ0n) is 18.7. The van der Waals surface area contributed by atoms with E-state index in [0.717, 1.165) is 24.2 Å². The maximum Gasteiger partial charge on any atom is 0.252 e. The quantitative estimate of drug-likeness (QED) is 0.768. The Morgan fingerprint density at radius 3 is 2.56 bits per heavy atom. The molecule has 170 valence electrons. The fraction of sp³-hybridized carbons (Fsp3) is 0.500. The molecule has 2 fully saturated rings. The minimum atomic E-state index is -0.598. The first kappa shape index (κ1) is 22.2. The van der Waals surface area contributed by atoms with E-state index >= 15 is 0 Å². The van der Waals surface area contributed by atoms with Crippen LogP contribution in [-0.4, -0.2) is 60.1 Å². The summed E-state index contributed by atoms with van der Waals surface area (Å²) in [5.74, 6) is 1.07. The van der Waals surface area contributed by atoms with Crippen LogP contribution >= 0.6 is 0 Å². The van der Waals surface area contributed by atoms with Crippen LogP contribution in [0.25, 0.3) is 0 Å². The molecular weight excluding hydrogens is 408 g/mol. The number of amides is 2. The highest BCUT2D eigenvalue weighted by Gasteiger charge is 2.45. The van der Waals surface area contributed by atoms with Gasteiger partial charge in [-0.15, -0.1) is 0 Å². The standard InChI is InChI=1S/C24H30N4O4/c1-16-20(21(25)29)14-26-22(27-16)17-4-3-11-28(15-17)23(30)24(9-12-32-13-10-24)18-5-7-19(31-2)8-6-18/h5-8,14,17H,3-4,9-13,15H2,1-2H3,(H2,25,29)/t17-/m1/s1. The number of ether oxygens (including phenoxy) is 2. The van der Waals surface area contributed by atoms with Gasteiger partial charge in [-0.1, -0.05) is 12.1 Å². The van der Waals surface area contributed by atoms with Crippen LogP contribution in [0.3, 0.4) is 0 Å². The second kappa shape index (κ2) is 9.24. The number of nitrogens with zero attached hydrogens (tertiary/aromatic N) is 3. The predicted octanol–water partition coefficient (Wildman–Crippen LogP) is 2.35. The summed E-state index contributed by atoms with van der Waals surface area (Å²) in [6.07, 6.45) is 4.59. The summed E-state index contributed by atoms with van der Waals surface area (Å²) in [5.41, 5.74) is 6.70. The zero-order valence-corrected chi connectivity index (χ0v) is 18.7. The van der Waals surface area contributed by atoms with Crippen LogP contribution in [0.5, 0.6) is 5.75 Å². The summed E-state index contributed by atoms with van der Waals surface area (Å²) in [6, 6.07) is 7.82. The van der Waals surface area contributed by atoms with Crippen LogP contribution in [0, 0.1) is 6.92 Å². The molecule has 1 aromatic carbocycles. The fourth-order valence-corrected chi connectivity index (χ4v) is 4.85. The number of methoxy groups -OCH3 is 1. The molecule has 0 radical (unpaired) electrons. The Morgan fingerprint density at radius 1 is 1.22 bits per heavy atom. The van der Waals surface area contributed by atoms with Crippen molar-refractivity contribution in [1.29, 1.82) is 0 Å². The number of likely N-dealkylation sites (tertiary alicyclic amines) is 1. The minimum Gasteiger partial charge on any atom is -0.497 e. The molecule has 1 aromatic heterocycles. The number of aryl methyl sites for hydroxylation is 1. The van der Waals surface area contributed by atoms with Crippen LogP contribution < -0.4 is 10.5 Å². The highest BCUT2D eigenvalue weighted by atomic mass is 16.5. The summed E-state index contributed by atoms with van der Waals surface area (Å²) < 4.78 is 10.9. The maximum atomic E-state index is 14.0. The molecule has 1 atom stereocenters. The van der Waals surface area contributed by atoms with Gasteiger partial charge in [0.25, 0.3) is 5.91 Å². The Hall–Kier alpha value is -3.00. The lowest BCUT2D eigenvalue weighted by atomic mass is 9.72. The molecule has 3 heterocycles. The van der Waals surface area contributed by atoms with E-state index in [1.807, 2.05) is 29.2 Å². The number of nitrogens with two attached hydrogens (primary N) is 1. The van der Waals surface area contributed by atoms with E-state index in [9.17, 15) is 9.59 Å². The molecule has 2 aliphatic heterocycles. The van der Waals surface area contributed by atoms with Gasteiger partial charge in [0.2, 0.25) is 5.91 Å². The molecule has 32 heavy (non-hydrogen) atoms. The highest BCUT2D eigenvalue weighted by Crippen LogP contribution is 2.39. The molecule has 4 rings (SSSR count). The van der Waals surface area contributed by atoms with Gasteiger partial charge in [0.1, 0.15) is 11.6 Å². The van der Waals surface area contributed by atoms with E-state index in [2.05, 4.69) is 9.97 Å². The first-order valence-electron chi connectivity index (χ1n) is 11.1. The van der Waals surface area contributed by atoms with Crippen LogP contribution in [0.15, 0.2) is 30.5 Å². The van der Waals surface area contributed by atoms with Gasteiger partial charge in [0.15, 0.2) is 0 Å². The Kier molecular flexibility index (Phi) is 6.41. The Labute approximate surface area is 188 Å². The molecule has 2 aliphatic rings. The number of carbonyl (C=O) groups is 2. The van der Waals surface area contributed by atoms with Crippen molar-refractivity contribution < 1.29 is 19.1 Å². The number of hydrogen-bond donors (Lipinski definition) is 1. The minimum absolute atomic E-state index is 0.0288. The van der Waals surface area contributed by atoms with Crippen molar-refractivity contribution in [3.63, 3.8) is 0 Å². The molecule has 0 spiro atoms. The van der Waals surface area contributed by atoms with Crippen molar-refractivity contribution >= 4 is 11.8 Å². The smallest absolute Gasteiger partial charge is 0.252 e. The van der Waals surface area contributed by atoms with E-state index < -0.39 is 11.3 Å². The largest absolute Gasteiger partial charge is 0.497 e. The summed E-state index contributed by atoms with van der Waals surface area (Å²) in [6.45, 7) is 4.16. The van der Waals surface area contributed by atoms with Gasteiger partial charge < -0.3 is 20.1 Å². The molecule has 0 unspecified atom stereocenters. The van der Waals surface area contributed by atoms with Crippen molar-refractivity contribution in [3.8, 4) is 5.75 Å². The zero-order chi connectivity index (χ0) is 22.7. The molecule has 2 aromatic rings. The Balaban J connectivity index is 1.59. The lowest BCUT2D eigenvalue weighted by Crippen LogP contribution is -2.52. The molecule has 8 nitrogen and oxygen atoms in total. The monoisotopic (exact) mass is 438 g/mol. The predicted molar refractivity (Wildman–Crippen MR) is 119 cm³/mol. The van der Waals surface area contributed by atoms with Gasteiger partial charge in [-0.05, 0) is 50.3 Å². The van der Waals surface area contributed by atoms with Crippen LogP contribution in [-0.2, 0) is 14.9 Å². The van der Waals surface area contributed by atoms with Gasteiger partial charge in [0.05, 0.1) is 23.8 Å². The van der Waals surface area contributed by atoms with Gasteiger partial charge in [0, 0.05) is 38.4 Å². The third-order valence-corrected chi connectivity index (χ3v) is 6.74. The van der Waals surface area contributed by atoms with Crippen LogP contribution in [0.2, 0.25) is 0 Å². The Bertz CT molecular complexity index is 986. The highest BCUT2D eigenvalue weighted by molar-refractivity contribution is 5.93. The number of carbonyl (C=O) groups excluding carboxylic acids is 2. The van der Waals surface area contributed by atoms with Crippen molar-refractivity contribution in [2.75, 3.05) is 33.4 Å². The van der Waals surface area contributed by atoms with Crippen molar-refractivity contribution in [3.05, 3.63) is 53.1 Å². The average molecular weight is 439 g/mol. The second-order valence-electron chi connectivity index (χ2n) is 8.60. The third-order valence-electron chi connectivity index (χ3n) is 6.74. The lowest BCUT2D eigenvalue weighted by molar-refractivity contribution is -0.142. The van der Waals surface area contributed by atoms with Crippen molar-refractivity contribution in [1.82, 2.24) is 14.9 Å². The van der Waals surface area contributed by atoms with E-state index in [0.29, 0.717) is 56.2 Å². The fourth-order valence-electron chi connectivity index (χ4n) is 4.85. The number of hydrogen-bond acceptors (Lipinski definition) is 6. The molecule has 2 amide bonds. The van der Waals surface area contributed by atoms with Gasteiger partial charge in [-0.2, -0.15) is 0 Å². The molecule has 2 saturated heterocycles.